The Balaban J connectivity index is 1.87. The molecule has 1 atom stereocenters. The van der Waals surface area contributed by atoms with Crippen LogP contribution in [0, 0.1) is 0 Å². The molecule has 1 aromatic heterocycles. The largest absolute Gasteiger partial charge is 0.480 e. The molecule has 3 rings (SSSR count). The van der Waals surface area contributed by atoms with E-state index in [1.807, 2.05) is 35.2 Å². The third-order valence-electron chi connectivity index (χ3n) is 3.58. The SMILES string of the molecule is O=C(O)C(c1cnn(-c2ccccc2)c1)N1CCOCC1. The number of carboxylic acid groups (broad SMARTS) is 1. The molecule has 6 heteroatoms. The summed E-state index contributed by atoms with van der Waals surface area (Å²) in [5.41, 5.74) is 1.60. The van der Waals surface area contributed by atoms with Gasteiger partial charge in [-0.1, -0.05) is 18.2 Å². The van der Waals surface area contributed by atoms with E-state index in [9.17, 15) is 9.90 Å². The lowest BCUT2D eigenvalue weighted by Crippen LogP contribution is -2.42. The van der Waals surface area contributed by atoms with Crippen LogP contribution in [0.25, 0.3) is 5.69 Å². The molecule has 2 aromatic rings. The van der Waals surface area contributed by atoms with Gasteiger partial charge >= 0.3 is 5.97 Å². The Hall–Kier alpha value is -2.18. The molecule has 1 aliphatic rings. The zero-order chi connectivity index (χ0) is 14.7. The lowest BCUT2D eigenvalue weighted by Gasteiger charge is -2.31. The first-order valence-electron chi connectivity index (χ1n) is 6.90. The smallest absolute Gasteiger partial charge is 0.325 e. The van der Waals surface area contributed by atoms with Gasteiger partial charge in [0.1, 0.15) is 6.04 Å². The minimum Gasteiger partial charge on any atom is -0.480 e. The van der Waals surface area contributed by atoms with Crippen molar-refractivity contribution in [2.75, 3.05) is 26.3 Å². The number of hydrogen-bond donors (Lipinski definition) is 1. The second kappa shape index (κ2) is 6.07. The number of hydrogen-bond acceptors (Lipinski definition) is 4. The zero-order valence-electron chi connectivity index (χ0n) is 11.6. The maximum atomic E-state index is 11.6. The van der Waals surface area contributed by atoms with Gasteiger partial charge in [0.15, 0.2) is 0 Å². The maximum absolute atomic E-state index is 11.6. The molecular formula is C15H17N3O3. The van der Waals surface area contributed by atoms with E-state index < -0.39 is 12.0 Å². The van der Waals surface area contributed by atoms with Crippen LogP contribution in [0.2, 0.25) is 0 Å². The Morgan fingerprint density at radius 2 is 1.95 bits per heavy atom. The van der Waals surface area contributed by atoms with Crippen molar-refractivity contribution in [2.45, 2.75) is 6.04 Å². The summed E-state index contributed by atoms with van der Waals surface area (Å²) in [6.45, 7) is 2.37. The lowest BCUT2D eigenvalue weighted by molar-refractivity contribution is -0.145. The quantitative estimate of drug-likeness (QED) is 0.919. The van der Waals surface area contributed by atoms with Gasteiger partial charge < -0.3 is 9.84 Å². The Morgan fingerprint density at radius 1 is 1.24 bits per heavy atom. The van der Waals surface area contributed by atoms with Gasteiger partial charge in [-0.15, -0.1) is 0 Å². The summed E-state index contributed by atoms with van der Waals surface area (Å²) < 4.78 is 6.98. The van der Waals surface area contributed by atoms with Crippen molar-refractivity contribution >= 4 is 5.97 Å². The Labute approximate surface area is 122 Å². The highest BCUT2D eigenvalue weighted by Gasteiger charge is 2.29. The van der Waals surface area contributed by atoms with Crippen LogP contribution in [0.4, 0.5) is 0 Å². The van der Waals surface area contributed by atoms with Gasteiger partial charge in [-0.05, 0) is 12.1 Å². The number of aliphatic carboxylic acids is 1. The molecule has 0 amide bonds. The molecule has 2 heterocycles. The highest BCUT2D eigenvalue weighted by Crippen LogP contribution is 2.22. The summed E-state index contributed by atoms with van der Waals surface area (Å²) in [5.74, 6) is -0.857. The molecule has 0 radical (unpaired) electrons. The highest BCUT2D eigenvalue weighted by atomic mass is 16.5. The van der Waals surface area contributed by atoms with E-state index in [1.54, 1.807) is 17.1 Å². The molecule has 0 spiro atoms. The van der Waals surface area contributed by atoms with E-state index in [2.05, 4.69) is 5.10 Å². The summed E-state index contributed by atoms with van der Waals surface area (Å²) in [6, 6.07) is 8.97. The second-order valence-electron chi connectivity index (χ2n) is 4.94. The number of carboxylic acids is 1. The lowest BCUT2D eigenvalue weighted by atomic mass is 10.1. The van der Waals surface area contributed by atoms with Gasteiger partial charge in [-0.3, -0.25) is 9.69 Å². The number of morpholine rings is 1. The number of nitrogens with zero attached hydrogens (tertiary/aromatic N) is 3. The molecule has 1 N–H and O–H groups in total. The fourth-order valence-electron chi connectivity index (χ4n) is 2.55. The van der Waals surface area contributed by atoms with Crippen molar-refractivity contribution in [3.05, 3.63) is 48.3 Å². The molecular weight excluding hydrogens is 270 g/mol. The van der Waals surface area contributed by atoms with Crippen molar-refractivity contribution in [3.63, 3.8) is 0 Å². The number of rotatable bonds is 4. The van der Waals surface area contributed by atoms with Crippen molar-refractivity contribution in [3.8, 4) is 5.69 Å². The molecule has 1 fully saturated rings. The molecule has 0 bridgehead atoms. The number of para-hydroxylation sites is 1. The third kappa shape index (κ3) is 2.96. The van der Waals surface area contributed by atoms with Crippen molar-refractivity contribution in [1.29, 1.82) is 0 Å². The van der Waals surface area contributed by atoms with Crippen LogP contribution in [-0.2, 0) is 9.53 Å². The number of aromatic nitrogens is 2. The second-order valence-corrected chi connectivity index (χ2v) is 4.94. The van der Waals surface area contributed by atoms with Gasteiger partial charge in [0.05, 0.1) is 25.1 Å². The first-order chi connectivity index (χ1) is 10.3. The van der Waals surface area contributed by atoms with Crippen molar-refractivity contribution in [1.82, 2.24) is 14.7 Å². The topological polar surface area (TPSA) is 67.6 Å². The van der Waals surface area contributed by atoms with E-state index in [4.69, 9.17) is 4.74 Å². The Bertz CT molecular complexity index is 606. The Morgan fingerprint density at radius 3 is 2.62 bits per heavy atom. The van der Waals surface area contributed by atoms with Crippen LogP contribution >= 0.6 is 0 Å². The maximum Gasteiger partial charge on any atom is 0.325 e. The molecule has 0 aliphatic carbocycles. The van der Waals surface area contributed by atoms with Gasteiger partial charge in [-0.2, -0.15) is 5.10 Å². The number of ether oxygens (including phenoxy) is 1. The van der Waals surface area contributed by atoms with Crippen LogP contribution in [-0.4, -0.2) is 52.1 Å². The monoisotopic (exact) mass is 287 g/mol. The van der Waals surface area contributed by atoms with E-state index >= 15 is 0 Å². The molecule has 6 nitrogen and oxygen atoms in total. The zero-order valence-corrected chi connectivity index (χ0v) is 11.6. The van der Waals surface area contributed by atoms with Crippen molar-refractivity contribution < 1.29 is 14.6 Å². The summed E-state index contributed by atoms with van der Waals surface area (Å²) in [7, 11) is 0. The van der Waals surface area contributed by atoms with Gasteiger partial charge in [-0.25, -0.2) is 4.68 Å². The predicted octanol–water partition coefficient (Wildman–Crippen LogP) is 1.33. The first kappa shape index (κ1) is 13.8. The summed E-state index contributed by atoms with van der Waals surface area (Å²) in [6.07, 6.45) is 3.41. The molecule has 1 saturated heterocycles. The normalized spacial score (nSPS) is 17.5. The van der Waals surface area contributed by atoms with Crippen LogP contribution in [0.3, 0.4) is 0 Å². The molecule has 0 saturated carbocycles. The first-order valence-corrected chi connectivity index (χ1v) is 6.90. The van der Waals surface area contributed by atoms with Gasteiger partial charge in [0.2, 0.25) is 0 Å². The average Bonchev–Trinajstić information content (AvgIpc) is 2.98. The standard InChI is InChI=1S/C15H17N3O3/c19-15(20)14(17-6-8-21-9-7-17)12-10-16-18(11-12)13-4-2-1-3-5-13/h1-5,10-11,14H,6-9H2,(H,19,20). The predicted molar refractivity (Wildman–Crippen MR) is 76.3 cm³/mol. The highest BCUT2D eigenvalue weighted by molar-refractivity contribution is 5.75. The van der Waals surface area contributed by atoms with E-state index in [1.165, 1.54) is 0 Å². The van der Waals surface area contributed by atoms with Gasteiger partial charge in [0.25, 0.3) is 0 Å². The number of benzene rings is 1. The van der Waals surface area contributed by atoms with Crippen LogP contribution in [0.5, 0.6) is 0 Å². The molecule has 1 aromatic carbocycles. The summed E-state index contributed by atoms with van der Waals surface area (Å²) in [5, 5.41) is 13.8. The van der Waals surface area contributed by atoms with Crippen LogP contribution < -0.4 is 0 Å². The third-order valence-corrected chi connectivity index (χ3v) is 3.58. The van der Waals surface area contributed by atoms with Crippen molar-refractivity contribution in [2.24, 2.45) is 0 Å². The fraction of sp³-hybridized carbons (Fsp3) is 0.333. The van der Waals surface area contributed by atoms with Gasteiger partial charge in [0, 0.05) is 24.8 Å². The van der Waals surface area contributed by atoms with E-state index in [0.717, 1.165) is 5.69 Å². The average molecular weight is 287 g/mol. The molecule has 110 valence electrons. The fourth-order valence-corrected chi connectivity index (χ4v) is 2.55. The number of carbonyl (C=O) groups is 1. The summed E-state index contributed by atoms with van der Waals surface area (Å²) >= 11 is 0. The molecule has 1 unspecified atom stereocenters. The molecule has 21 heavy (non-hydrogen) atoms. The summed E-state index contributed by atoms with van der Waals surface area (Å²) in [4.78, 5) is 13.5. The minimum atomic E-state index is -0.857. The van der Waals surface area contributed by atoms with E-state index in [0.29, 0.717) is 31.9 Å². The van der Waals surface area contributed by atoms with E-state index in [-0.39, 0.29) is 0 Å². The molecule has 1 aliphatic heterocycles. The minimum absolute atomic E-state index is 0.566. The van der Waals surface area contributed by atoms with Crippen LogP contribution in [0.1, 0.15) is 11.6 Å². The Kier molecular flexibility index (Phi) is 3.98. The van der Waals surface area contributed by atoms with Crippen LogP contribution in [0.15, 0.2) is 42.7 Å².